The molecule has 1 aromatic carbocycles. The SMILES string of the molecule is NCCC#Cc1cccc(C2CCC(=O)NC2=O)c1. The number of carbonyl (C=O) groups excluding carboxylic acids is 2. The Kier molecular flexibility index (Phi) is 4.32. The molecule has 0 bridgehead atoms. The van der Waals surface area contributed by atoms with Gasteiger partial charge in [-0.25, -0.2) is 0 Å². The average molecular weight is 256 g/mol. The van der Waals surface area contributed by atoms with E-state index in [-0.39, 0.29) is 17.7 Å². The third-order valence-corrected chi connectivity index (χ3v) is 3.03. The van der Waals surface area contributed by atoms with Crippen molar-refractivity contribution in [3.63, 3.8) is 0 Å². The van der Waals surface area contributed by atoms with Gasteiger partial charge in [-0.2, -0.15) is 0 Å². The maximum Gasteiger partial charge on any atom is 0.234 e. The predicted octanol–water partition coefficient (Wildman–Crippen LogP) is 0.907. The standard InChI is InChI=1S/C15H16N2O2/c16-9-2-1-4-11-5-3-6-12(10-11)13-7-8-14(18)17-15(13)19/h3,5-6,10,13H,2,7-9,16H2,(H,17,18,19). The molecule has 2 amide bonds. The summed E-state index contributed by atoms with van der Waals surface area (Å²) >= 11 is 0. The molecule has 1 aliphatic rings. The lowest BCUT2D eigenvalue weighted by Gasteiger charge is -2.21. The number of nitrogens with one attached hydrogen (secondary N) is 1. The van der Waals surface area contributed by atoms with Crippen molar-refractivity contribution in [1.82, 2.24) is 5.32 Å². The first-order valence-corrected chi connectivity index (χ1v) is 6.33. The van der Waals surface area contributed by atoms with Gasteiger partial charge in [0.2, 0.25) is 11.8 Å². The van der Waals surface area contributed by atoms with E-state index in [1.807, 2.05) is 24.3 Å². The maximum absolute atomic E-state index is 11.8. The van der Waals surface area contributed by atoms with Crippen LogP contribution in [0.5, 0.6) is 0 Å². The third kappa shape index (κ3) is 3.43. The molecule has 98 valence electrons. The summed E-state index contributed by atoms with van der Waals surface area (Å²) in [6.45, 7) is 0.542. The zero-order valence-corrected chi connectivity index (χ0v) is 10.6. The molecule has 1 heterocycles. The van der Waals surface area contributed by atoms with Gasteiger partial charge in [-0.3, -0.25) is 14.9 Å². The fourth-order valence-electron chi connectivity index (χ4n) is 2.08. The second kappa shape index (κ2) is 6.17. The first-order valence-electron chi connectivity index (χ1n) is 6.33. The summed E-state index contributed by atoms with van der Waals surface area (Å²) in [4.78, 5) is 22.9. The van der Waals surface area contributed by atoms with Gasteiger partial charge in [-0.15, -0.1) is 0 Å². The van der Waals surface area contributed by atoms with Gasteiger partial charge in [0.1, 0.15) is 0 Å². The largest absolute Gasteiger partial charge is 0.330 e. The highest BCUT2D eigenvalue weighted by atomic mass is 16.2. The first-order chi connectivity index (χ1) is 9.20. The number of imide groups is 1. The highest BCUT2D eigenvalue weighted by molar-refractivity contribution is 6.00. The molecule has 1 aromatic rings. The van der Waals surface area contributed by atoms with Crippen LogP contribution >= 0.6 is 0 Å². The van der Waals surface area contributed by atoms with Gasteiger partial charge >= 0.3 is 0 Å². The van der Waals surface area contributed by atoms with E-state index in [2.05, 4.69) is 17.2 Å². The van der Waals surface area contributed by atoms with Crippen LogP contribution in [0.2, 0.25) is 0 Å². The van der Waals surface area contributed by atoms with E-state index in [9.17, 15) is 9.59 Å². The average Bonchev–Trinajstić information content (AvgIpc) is 2.39. The number of amides is 2. The van der Waals surface area contributed by atoms with Crippen LogP contribution in [-0.2, 0) is 9.59 Å². The third-order valence-electron chi connectivity index (χ3n) is 3.03. The molecule has 3 N–H and O–H groups in total. The molecule has 0 aliphatic carbocycles. The Morgan fingerprint density at radius 2 is 2.21 bits per heavy atom. The highest BCUT2D eigenvalue weighted by Crippen LogP contribution is 2.25. The lowest BCUT2D eigenvalue weighted by atomic mass is 9.90. The van der Waals surface area contributed by atoms with E-state index in [1.165, 1.54) is 0 Å². The van der Waals surface area contributed by atoms with E-state index in [1.54, 1.807) is 0 Å². The van der Waals surface area contributed by atoms with Crippen molar-refractivity contribution in [3.05, 3.63) is 35.4 Å². The molecule has 1 aliphatic heterocycles. The fourth-order valence-corrected chi connectivity index (χ4v) is 2.08. The molecule has 1 saturated heterocycles. The molecule has 1 fully saturated rings. The minimum Gasteiger partial charge on any atom is -0.330 e. The quantitative estimate of drug-likeness (QED) is 0.610. The van der Waals surface area contributed by atoms with E-state index in [0.29, 0.717) is 25.8 Å². The van der Waals surface area contributed by atoms with Crippen molar-refractivity contribution in [2.24, 2.45) is 5.73 Å². The van der Waals surface area contributed by atoms with Crippen LogP contribution in [-0.4, -0.2) is 18.4 Å². The molecule has 1 unspecified atom stereocenters. The Bertz CT molecular complexity index is 555. The smallest absolute Gasteiger partial charge is 0.234 e. The number of hydrogen-bond acceptors (Lipinski definition) is 3. The van der Waals surface area contributed by atoms with E-state index in [4.69, 9.17) is 5.73 Å². The van der Waals surface area contributed by atoms with Gasteiger partial charge in [0.25, 0.3) is 0 Å². The second-order valence-corrected chi connectivity index (χ2v) is 4.47. The summed E-state index contributed by atoms with van der Waals surface area (Å²) in [7, 11) is 0. The Morgan fingerprint density at radius 3 is 2.95 bits per heavy atom. The number of carbonyl (C=O) groups is 2. The number of hydrogen-bond donors (Lipinski definition) is 2. The Labute approximate surface area is 112 Å². The van der Waals surface area contributed by atoms with Crippen molar-refractivity contribution in [2.75, 3.05) is 6.54 Å². The molecule has 0 saturated carbocycles. The summed E-state index contributed by atoms with van der Waals surface area (Å²) in [6, 6.07) is 7.59. The van der Waals surface area contributed by atoms with Gasteiger partial charge in [0, 0.05) is 24.9 Å². The van der Waals surface area contributed by atoms with E-state index >= 15 is 0 Å². The molecule has 0 spiro atoms. The number of benzene rings is 1. The first kappa shape index (κ1) is 13.3. The number of nitrogens with two attached hydrogens (primary N) is 1. The number of rotatable bonds is 2. The Balaban J connectivity index is 2.17. The summed E-state index contributed by atoms with van der Waals surface area (Å²) in [5, 5.41) is 2.37. The molecule has 4 nitrogen and oxygen atoms in total. The minimum atomic E-state index is -0.256. The van der Waals surface area contributed by atoms with Crippen molar-refractivity contribution in [1.29, 1.82) is 0 Å². The van der Waals surface area contributed by atoms with Gasteiger partial charge in [-0.05, 0) is 24.1 Å². The molecule has 2 rings (SSSR count). The second-order valence-electron chi connectivity index (χ2n) is 4.47. The van der Waals surface area contributed by atoms with Crippen LogP contribution in [0, 0.1) is 11.8 Å². The molecule has 0 radical (unpaired) electrons. The van der Waals surface area contributed by atoms with E-state index < -0.39 is 0 Å². The maximum atomic E-state index is 11.8. The van der Waals surface area contributed by atoms with Gasteiger partial charge < -0.3 is 5.73 Å². The molecule has 19 heavy (non-hydrogen) atoms. The number of piperidine rings is 1. The molecular formula is C15H16N2O2. The van der Waals surface area contributed by atoms with Crippen LogP contribution in [0.3, 0.4) is 0 Å². The molecular weight excluding hydrogens is 240 g/mol. The Morgan fingerprint density at radius 1 is 1.37 bits per heavy atom. The zero-order valence-electron chi connectivity index (χ0n) is 10.6. The van der Waals surface area contributed by atoms with Gasteiger partial charge in [0.05, 0.1) is 5.92 Å². The summed E-state index contributed by atoms with van der Waals surface area (Å²) in [6.07, 6.45) is 1.60. The summed E-state index contributed by atoms with van der Waals surface area (Å²) in [5.74, 6) is 5.32. The van der Waals surface area contributed by atoms with Crippen LogP contribution in [0.25, 0.3) is 0 Å². The van der Waals surface area contributed by atoms with E-state index in [0.717, 1.165) is 11.1 Å². The van der Waals surface area contributed by atoms with Crippen molar-refractivity contribution >= 4 is 11.8 Å². The highest BCUT2D eigenvalue weighted by Gasteiger charge is 2.27. The molecule has 1 atom stereocenters. The lowest BCUT2D eigenvalue weighted by Crippen LogP contribution is -2.39. The van der Waals surface area contributed by atoms with Crippen LogP contribution in [0.15, 0.2) is 24.3 Å². The Hall–Kier alpha value is -2.12. The fraction of sp³-hybridized carbons (Fsp3) is 0.333. The monoisotopic (exact) mass is 256 g/mol. The van der Waals surface area contributed by atoms with Crippen molar-refractivity contribution in [3.8, 4) is 11.8 Å². The van der Waals surface area contributed by atoms with Crippen LogP contribution in [0.4, 0.5) is 0 Å². The van der Waals surface area contributed by atoms with Crippen LogP contribution in [0.1, 0.15) is 36.3 Å². The summed E-state index contributed by atoms with van der Waals surface area (Å²) in [5.41, 5.74) is 7.16. The van der Waals surface area contributed by atoms with Gasteiger partial charge in [-0.1, -0.05) is 24.0 Å². The van der Waals surface area contributed by atoms with Crippen molar-refractivity contribution in [2.45, 2.75) is 25.2 Å². The van der Waals surface area contributed by atoms with Crippen molar-refractivity contribution < 1.29 is 9.59 Å². The summed E-state index contributed by atoms with van der Waals surface area (Å²) < 4.78 is 0. The topological polar surface area (TPSA) is 72.2 Å². The predicted molar refractivity (Wildman–Crippen MR) is 72.1 cm³/mol. The zero-order chi connectivity index (χ0) is 13.7. The normalized spacial score (nSPS) is 18.5. The minimum absolute atomic E-state index is 0.194. The van der Waals surface area contributed by atoms with Crippen LogP contribution < -0.4 is 11.1 Å². The molecule has 0 aromatic heterocycles. The lowest BCUT2D eigenvalue weighted by molar-refractivity contribution is -0.134. The van der Waals surface area contributed by atoms with Gasteiger partial charge in [0.15, 0.2) is 0 Å². The molecule has 4 heteroatoms.